The highest BCUT2D eigenvalue weighted by Gasteiger charge is 2.34. The van der Waals surface area contributed by atoms with Gasteiger partial charge in [0.25, 0.3) is 0 Å². The summed E-state index contributed by atoms with van der Waals surface area (Å²) in [5.41, 5.74) is 4.69. The van der Waals surface area contributed by atoms with E-state index in [1.165, 1.54) is 11.8 Å². The minimum absolute atomic E-state index is 0.0387. The second-order valence-electron chi connectivity index (χ2n) is 8.10. The van der Waals surface area contributed by atoms with Crippen molar-refractivity contribution in [1.82, 2.24) is 19.5 Å². The van der Waals surface area contributed by atoms with Gasteiger partial charge in [0, 0.05) is 18.7 Å². The molecular formula is C22H26N4O3S2. The third-order valence-corrected chi connectivity index (χ3v) is 8.44. The molecule has 1 saturated heterocycles. The van der Waals surface area contributed by atoms with E-state index < -0.39 is 15.1 Å². The van der Waals surface area contributed by atoms with E-state index in [0.29, 0.717) is 11.6 Å². The van der Waals surface area contributed by atoms with Crippen LogP contribution in [0.15, 0.2) is 41.6 Å². The SMILES string of the molecule is Cc1cc(C)c2c(-c3ccccc3)nc(S[C@@H](C)C(=O)N(C)[C@@H]3CCS(=O)(=O)C3)n2n1. The molecule has 4 rings (SSSR count). The first-order valence-electron chi connectivity index (χ1n) is 10.2. The number of amides is 1. The van der Waals surface area contributed by atoms with Crippen LogP contribution in [-0.4, -0.2) is 63.7 Å². The largest absolute Gasteiger partial charge is 0.341 e. The van der Waals surface area contributed by atoms with E-state index in [9.17, 15) is 13.2 Å². The standard InChI is InChI=1S/C22H26N4O3S2/c1-14-12-15(2)24-26-20(14)19(17-8-6-5-7-9-17)23-22(26)30-16(3)21(27)25(4)18-10-11-31(28,29)13-18/h5-9,12,16,18H,10-11,13H2,1-4H3/t16-,18+/m0/s1. The van der Waals surface area contributed by atoms with Crippen molar-refractivity contribution in [3.05, 3.63) is 47.7 Å². The first kappa shape index (κ1) is 21.8. The summed E-state index contributed by atoms with van der Waals surface area (Å²) >= 11 is 1.35. The van der Waals surface area contributed by atoms with Crippen LogP contribution in [0.3, 0.4) is 0 Å². The van der Waals surface area contributed by atoms with Crippen LogP contribution < -0.4 is 0 Å². The van der Waals surface area contributed by atoms with Crippen LogP contribution in [0.4, 0.5) is 0 Å². The van der Waals surface area contributed by atoms with Gasteiger partial charge in [0.2, 0.25) is 5.91 Å². The molecule has 0 aliphatic carbocycles. The molecule has 7 nitrogen and oxygen atoms in total. The maximum Gasteiger partial charge on any atom is 0.235 e. The predicted octanol–water partition coefficient (Wildman–Crippen LogP) is 3.14. The smallest absolute Gasteiger partial charge is 0.235 e. The highest BCUT2D eigenvalue weighted by molar-refractivity contribution is 8.00. The lowest BCUT2D eigenvalue weighted by molar-refractivity contribution is -0.130. The Kier molecular flexibility index (Phi) is 5.83. The van der Waals surface area contributed by atoms with Crippen molar-refractivity contribution in [2.75, 3.05) is 18.6 Å². The zero-order chi connectivity index (χ0) is 22.3. The van der Waals surface area contributed by atoms with Gasteiger partial charge >= 0.3 is 0 Å². The van der Waals surface area contributed by atoms with Crippen molar-refractivity contribution in [3.63, 3.8) is 0 Å². The average Bonchev–Trinajstić information content (AvgIpc) is 3.27. The molecule has 3 heterocycles. The van der Waals surface area contributed by atoms with Crippen molar-refractivity contribution in [1.29, 1.82) is 0 Å². The predicted molar refractivity (Wildman–Crippen MR) is 123 cm³/mol. The molecule has 31 heavy (non-hydrogen) atoms. The average molecular weight is 459 g/mol. The monoisotopic (exact) mass is 458 g/mol. The summed E-state index contributed by atoms with van der Waals surface area (Å²) < 4.78 is 25.4. The fraction of sp³-hybridized carbons (Fsp3) is 0.409. The van der Waals surface area contributed by atoms with Crippen molar-refractivity contribution < 1.29 is 13.2 Å². The fourth-order valence-electron chi connectivity index (χ4n) is 4.04. The van der Waals surface area contributed by atoms with Gasteiger partial charge in [0.15, 0.2) is 15.0 Å². The highest BCUT2D eigenvalue weighted by Crippen LogP contribution is 2.33. The van der Waals surface area contributed by atoms with E-state index in [4.69, 9.17) is 4.98 Å². The van der Waals surface area contributed by atoms with Gasteiger partial charge in [-0.3, -0.25) is 4.79 Å². The molecule has 164 valence electrons. The van der Waals surface area contributed by atoms with E-state index in [2.05, 4.69) is 5.10 Å². The Bertz CT molecular complexity index is 1240. The van der Waals surface area contributed by atoms with Crippen LogP contribution in [0.1, 0.15) is 24.6 Å². The number of imidazole rings is 1. The Hall–Kier alpha value is -2.39. The normalized spacial score (nSPS) is 18.9. The van der Waals surface area contributed by atoms with Crippen molar-refractivity contribution in [2.45, 2.75) is 43.6 Å². The molecular weight excluding hydrogens is 432 g/mol. The van der Waals surface area contributed by atoms with Crippen LogP contribution in [0.25, 0.3) is 16.8 Å². The van der Waals surface area contributed by atoms with E-state index in [0.717, 1.165) is 28.0 Å². The summed E-state index contributed by atoms with van der Waals surface area (Å²) in [5, 5.41) is 4.89. The van der Waals surface area contributed by atoms with E-state index in [-0.39, 0.29) is 23.5 Å². The molecule has 0 saturated carbocycles. The Morgan fingerprint density at radius 1 is 1.26 bits per heavy atom. The van der Waals surface area contributed by atoms with Gasteiger partial charge in [0.05, 0.1) is 33.7 Å². The first-order valence-corrected chi connectivity index (χ1v) is 12.9. The molecule has 9 heteroatoms. The van der Waals surface area contributed by atoms with Crippen LogP contribution in [0.2, 0.25) is 0 Å². The Balaban J connectivity index is 1.66. The molecule has 2 atom stereocenters. The number of thioether (sulfide) groups is 1. The summed E-state index contributed by atoms with van der Waals surface area (Å²) in [5.74, 6) is 0.0799. The third kappa shape index (κ3) is 4.34. The van der Waals surface area contributed by atoms with Gasteiger partial charge in [-0.05, 0) is 38.8 Å². The number of rotatable bonds is 5. The lowest BCUT2D eigenvalue weighted by Crippen LogP contribution is -2.41. The number of sulfone groups is 1. The van der Waals surface area contributed by atoms with Gasteiger partial charge < -0.3 is 4.90 Å². The molecule has 0 unspecified atom stereocenters. The van der Waals surface area contributed by atoms with Crippen LogP contribution in [0.5, 0.6) is 0 Å². The van der Waals surface area contributed by atoms with Crippen LogP contribution in [-0.2, 0) is 14.6 Å². The Morgan fingerprint density at radius 2 is 1.97 bits per heavy atom. The molecule has 1 amide bonds. The second-order valence-corrected chi connectivity index (χ2v) is 11.6. The van der Waals surface area contributed by atoms with Gasteiger partial charge in [-0.25, -0.2) is 17.9 Å². The van der Waals surface area contributed by atoms with E-state index >= 15 is 0 Å². The minimum Gasteiger partial charge on any atom is -0.341 e. The summed E-state index contributed by atoms with van der Waals surface area (Å²) in [4.78, 5) is 19.5. The zero-order valence-corrected chi connectivity index (χ0v) is 19.7. The Morgan fingerprint density at radius 3 is 2.61 bits per heavy atom. The molecule has 0 bridgehead atoms. The van der Waals surface area contributed by atoms with Gasteiger partial charge in [-0.1, -0.05) is 42.1 Å². The number of nitrogens with zero attached hydrogens (tertiary/aromatic N) is 4. The number of hydrogen-bond acceptors (Lipinski definition) is 6. The molecule has 0 N–H and O–H groups in total. The highest BCUT2D eigenvalue weighted by atomic mass is 32.2. The van der Waals surface area contributed by atoms with Gasteiger partial charge in [0.1, 0.15) is 0 Å². The maximum absolute atomic E-state index is 13.0. The summed E-state index contributed by atoms with van der Waals surface area (Å²) in [7, 11) is -1.36. The molecule has 0 radical (unpaired) electrons. The van der Waals surface area contributed by atoms with E-state index in [1.807, 2.05) is 61.7 Å². The summed E-state index contributed by atoms with van der Waals surface area (Å²) in [6, 6.07) is 11.7. The lowest BCUT2D eigenvalue weighted by Gasteiger charge is -2.26. The summed E-state index contributed by atoms with van der Waals surface area (Å²) in [6.07, 6.45) is 0.492. The minimum atomic E-state index is -3.05. The van der Waals surface area contributed by atoms with Crippen molar-refractivity contribution in [2.24, 2.45) is 0 Å². The molecule has 1 fully saturated rings. The molecule has 2 aromatic heterocycles. The van der Waals surface area contributed by atoms with Gasteiger partial charge in [-0.2, -0.15) is 5.10 Å². The quantitative estimate of drug-likeness (QED) is 0.546. The maximum atomic E-state index is 13.0. The van der Waals surface area contributed by atoms with Crippen LogP contribution in [0, 0.1) is 13.8 Å². The number of carbonyl (C=O) groups excluding carboxylic acids is 1. The van der Waals surface area contributed by atoms with Crippen molar-refractivity contribution in [3.8, 4) is 11.3 Å². The van der Waals surface area contributed by atoms with E-state index in [1.54, 1.807) is 11.9 Å². The lowest BCUT2D eigenvalue weighted by atomic mass is 10.1. The number of fused-ring (bicyclic) bond motifs is 1. The fourth-order valence-corrected chi connectivity index (χ4v) is 6.77. The molecule has 1 aromatic carbocycles. The topological polar surface area (TPSA) is 84.6 Å². The first-order chi connectivity index (χ1) is 14.7. The number of aromatic nitrogens is 3. The summed E-state index contributed by atoms with van der Waals surface area (Å²) in [6.45, 7) is 5.81. The Labute approximate surface area is 186 Å². The number of aryl methyl sites for hydroxylation is 2. The third-order valence-electron chi connectivity index (χ3n) is 5.66. The molecule has 1 aliphatic heterocycles. The molecule has 0 spiro atoms. The van der Waals surface area contributed by atoms with Crippen LogP contribution >= 0.6 is 11.8 Å². The van der Waals surface area contributed by atoms with Crippen molar-refractivity contribution >= 4 is 33.0 Å². The van der Waals surface area contributed by atoms with Gasteiger partial charge in [-0.15, -0.1) is 0 Å². The molecule has 3 aromatic rings. The second kappa shape index (κ2) is 8.27. The zero-order valence-electron chi connectivity index (χ0n) is 18.1. The molecule has 1 aliphatic rings. The number of benzene rings is 1. The number of carbonyl (C=O) groups is 1. The number of hydrogen-bond donors (Lipinski definition) is 0.